The van der Waals surface area contributed by atoms with Crippen molar-refractivity contribution in [2.45, 2.75) is 32.0 Å². The van der Waals surface area contributed by atoms with Gasteiger partial charge in [-0.15, -0.1) is 0 Å². The molecule has 10 heteroatoms. The van der Waals surface area contributed by atoms with Crippen LogP contribution in [-0.2, 0) is 15.8 Å². The molecular weight excluding hydrogens is 447 g/mol. The summed E-state index contributed by atoms with van der Waals surface area (Å²) in [5.74, 6) is -2.17. The van der Waals surface area contributed by atoms with E-state index in [0.29, 0.717) is 11.1 Å². The Hall–Kier alpha value is -3.33. The third-order valence-electron chi connectivity index (χ3n) is 5.25. The monoisotopic (exact) mass is 465 g/mol. The van der Waals surface area contributed by atoms with E-state index in [1.165, 1.54) is 36.7 Å². The molecule has 168 valence electrons. The van der Waals surface area contributed by atoms with Crippen molar-refractivity contribution < 1.29 is 22.8 Å². The predicted octanol–water partition coefficient (Wildman–Crippen LogP) is 4.46. The Morgan fingerprint density at radius 1 is 1.09 bits per heavy atom. The Balaban J connectivity index is 1.94. The van der Waals surface area contributed by atoms with Gasteiger partial charge in [0.05, 0.1) is 16.5 Å². The summed E-state index contributed by atoms with van der Waals surface area (Å²) in [6, 6.07) is 8.65. The Morgan fingerprint density at radius 3 is 2.41 bits per heavy atom. The van der Waals surface area contributed by atoms with Gasteiger partial charge in [0.15, 0.2) is 0 Å². The van der Waals surface area contributed by atoms with E-state index >= 15 is 0 Å². The molecule has 3 N–H and O–H groups in total. The van der Waals surface area contributed by atoms with Crippen molar-refractivity contribution in [1.29, 1.82) is 0 Å². The molecule has 2 amide bonds. The zero-order chi connectivity index (χ0) is 23.8. The number of hydrogen-bond donors (Lipinski definition) is 2. The summed E-state index contributed by atoms with van der Waals surface area (Å²) in [6.45, 7) is 2.95. The summed E-state index contributed by atoms with van der Waals surface area (Å²) in [6.07, 6.45) is -3.26. The van der Waals surface area contributed by atoms with Gasteiger partial charge in [0, 0.05) is 22.7 Å². The van der Waals surface area contributed by atoms with Gasteiger partial charge in [0.1, 0.15) is 6.04 Å². The van der Waals surface area contributed by atoms with E-state index in [4.69, 9.17) is 17.3 Å². The minimum atomic E-state index is -4.65. The second-order valence-corrected chi connectivity index (χ2v) is 7.73. The van der Waals surface area contributed by atoms with Crippen LogP contribution in [0.3, 0.4) is 0 Å². The van der Waals surface area contributed by atoms with Crippen molar-refractivity contribution in [2.75, 3.05) is 5.32 Å². The second-order valence-electron chi connectivity index (χ2n) is 7.32. The van der Waals surface area contributed by atoms with Gasteiger partial charge in [-0.2, -0.15) is 13.2 Å². The van der Waals surface area contributed by atoms with Crippen LogP contribution in [0.15, 0.2) is 53.5 Å². The largest absolute Gasteiger partial charge is 0.417 e. The molecule has 1 heterocycles. The number of primary amides is 1. The smallest absolute Gasteiger partial charge is 0.368 e. The normalized spacial score (nSPS) is 13.6. The van der Waals surface area contributed by atoms with Gasteiger partial charge in [-0.25, -0.2) is 0 Å². The molecule has 0 bridgehead atoms. The van der Waals surface area contributed by atoms with Gasteiger partial charge >= 0.3 is 6.18 Å². The minimum Gasteiger partial charge on any atom is -0.368 e. The highest BCUT2D eigenvalue weighted by molar-refractivity contribution is 6.31. The number of nitrogens with two attached hydrogens (primary N) is 1. The van der Waals surface area contributed by atoms with Crippen LogP contribution < -0.4 is 16.6 Å². The predicted molar refractivity (Wildman–Crippen MR) is 116 cm³/mol. The third-order valence-corrected chi connectivity index (χ3v) is 5.58. The molecule has 0 saturated carbocycles. The second kappa shape index (κ2) is 8.66. The highest BCUT2D eigenvalue weighted by atomic mass is 35.5. The van der Waals surface area contributed by atoms with Crippen LogP contribution in [0.4, 0.5) is 18.9 Å². The molecule has 0 spiro atoms. The lowest BCUT2D eigenvalue weighted by Gasteiger charge is -2.17. The molecule has 0 radical (unpaired) electrons. The summed E-state index contributed by atoms with van der Waals surface area (Å²) in [5.41, 5.74) is 4.23. The zero-order valence-corrected chi connectivity index (χ0v) is 17.8. The molecule has 6 nitrogen and oxygen atoms in total. The summed E-state index contributed by atoms with van der Waals surface area (Å²) in [4.78, 5) is 37.0. The minimum absolute atomic E-state index is 0.136. The molecule has 0 fully saturated rings. The van der Waals surface area contributed by atoms with Gasteiger partial charge in [-0.3, -0.25) is 14.4 Å². The first-order valence-corrected chi connectivity index (χ1v) is 9.90. The lowest BCUT2D eigenvalue weighted by Crippen LogP contribution is -2.31. The highest BCUT2D eigenvalue weighted by Crippen LogP contribution is 2.36. The highest BCUT2D eigenvalue weighted by Gasteiger charge is 2.34. The molecule has 1 unspecified atom stereocenters. The van der Waals surface area contributed by atoms with E-state index in [9.17, 15) is 27.6 Å². The molecular formula is C22H19ClF3N3O3. The number of carbonyl (C=O) groups is 2. The lowest BCUT2D eigenvalue weighted by atomic mass is 9.97. The fourth-order valence-electron chi connectivity index (χ4n) is 3.27. The molecule has 0 aliphatic heterocycles. The molecule has 2 aromatic carbocycles. The Labute approximate surface area is 185 Å². The van der Waals surface area contributed by atoms with Gasteiger partial charge in [0.25, 0.3) is 5.56 Å². The van der Waals surface area contributed by atoms with Crippen LogP contribution >= 0.6 is 11.6 Å². The quantitative estimate of drug-likeness (QED) is 0.582. The molecule has 0 saturated heterocycles. The number of nitrogens with one attached hydrogen (secondary N) is 1. The summed E-state index contributed by atoms with van der Waals surface area (Å²) in [5, 5.41) is 2.87. The Kier molecular flexibility index (Phi) is 6.32. The van der Waals surface area contributed by atoms with E-state index < -0.39 is 46.1 Å². The maximum absolute atomic E-state index is 13.1. The maximum atomic E-state index is 13.1. The first-order valence-electron chi connectivity index (χ1n) is 9.52. The topological polar surface area (TPSA) is 94.2 Å². The number of nitrogens with zero attached hydrogens (tertiary/aromatic N) is 1. The molecule has 3 rings (SSSR count). The summed E-state index contributed by atoms with van der Waals surface area (Å²) >= 11 is 5.65. The number of benzene rings is 2. The summed E-state index contributed by atoms with van der Waals surface area (Å²) < 4.78 is 40.6. The number of halogens is 4. The number of fused-ring (bicyclic) bond motifs is 1. The van der Waals surface area contributed by atoms with Gasteiger partial charge in [0.2, 0.25) is 11.8 Å². The van der Waals surface area contributed by atoms with Crippen molar-refractivity contribution in [3.05, 3.63) is 75.2 Å². The van der Waals surface area contributed by atoms with Crippen LogP contribution in [0.5, 0.6) is 0 Å². The van der Waals surface area contributed by atoms with E-state index in [1.807, 2.05) is 0 Å². The molecule has 2 atom stereocenters. The standard InChI is InChI=1S/C22H19ClF3N3O3/c1-11(13-6-7-17(23)16(10-13)22(24,25)26)20(31)28-18-5-3-4-15-14(18)8-9-29(21(15)32)12(2)19(27)30/h3-12H,1-2H3,(H2,27,30)(H,28,31)/t11?,12-/m1/s1. The van der Waals surface area contributed by atoms with E-state index in [0.717, 1.165) is 12.1 Å². The van der Waals surface area contributed by atoms with Crippen LogP contribution in [0.25, 0.3) is 10.8 Å². The van der Waals surface area contributed by atoms with Crippen LogP contribution in [0, 0.1) is 0 Å². The Bertz CT molecular complexity index is 1270. The van der Waals surface area contributed by atoms with Crippen molar-refractivity contribution in [3.8, 4) is 0 Å². The fourth-order valence-corrected chi connectivity index (χ4v) is 3.49. The number of hydrogen-bond acceptors (Lipinski definition) is 3. The van der Waals surface area contributed by atoms with Crippen LogP contribution in [0.1, 0.15) is 36.9 Å². The average Bonchev–Trinajstić information content (AvgIpc) is 2.73. The Morgan fingerprint density at radius 2 is 1.78 bits per heavy atom. The van der Waals surface area contributed by atoms with Crippen LogP contribution in [-0.4, -0.2) is 16.4 Å². The molecule has 32 heavy (non-hydrogen) atoms. The van der Waals surface area contributed by atoms with Crippen LogP contribution in [0.2, 0.25) is 5.02 Å². The zero-order valence-electron chi connectivity index (χ0n) is 17.0. The number of rotatable bonds is 5. The van der Waals surface area contributed by atoms with Crippen molar-refractivity contribution in [3.63, 3.8) is 0 Å². The number of anilines is 1. The van der Waals surface area contributed by atoms with Gasteiger partial charge < -0.3 is 15.6 Å². The third kappa shape index (κ3) is 4.47. The van der Waals surface area contributed by atoms with Crippen molar-refractivity contribution in [1.82, 2.24) is 4.57 Å². The lowest BCUT2D eigenvalue weighted by molar-refractivity contribution is -0.137. The van der Waals surface area contributed by atoms with Crippen molar-refractivity contribution >= 4 is 39.9 Å². The maximum Gasteiger partial charge on any atom is 0.417 e. The summed E-state index contributed by atoms with van der Waals surface area (Å²) in [7, 11) is 0. The molecule has 0 aliphatic rings. The number of alkyl halides is 3. The number of aromatic nitrogens is 1. The first-order chi connectivity index (χ1) is 14.9. The number of pyridine rings is 1. The van der Waals surface area contributed by atoms with Crippen molar-refractivity contribution in [2.24, 2.45) is 5.73 Å². The molecule has 0 aliphatic carbocycles. The van der Waals surface area contributed by atoms with Gasteiger partial charge in [-0.1, -0.05) is 23.7 Å². The number of amides is 2. The molecule has 1 aromatic heterocycles. The number of carbonyl (C=O) groups excluding carboxylic acids is 2. The average molecular weight is 466 g/mol. The molecule has 3 aromatic rings. The van der Waals surface area contributed by atoms with E-state index in [-0.39, 0.29) is 10.9 Å². The fraction of sp³-hybridized carbons (Fsp3) is 0.227. The first kappa shape index (κ1) is 23.3. The van der Waals surface area contributed by atoms with Gasteiger partial charge in [-0.05, 0) is 49.7 Å². The SMILES string of the molecule is CC(C(=O)Nc1cccc2c(=O)n([C@H](C)C(N)=O)ccc12)c1ccc(Cl)c(C(F)(F)F)c1. The van der Waals surface area contributed by atoms with E-state index in [2.05, 4.69) is 5.32 Å². The van der Waals surface area contributed by atoms with E-state index in [1.54, 1.807) is 18.2 Å².